The lowest BCUT2D eigenvalue weighted by Crippen LogP contribution is -2.09. The first-order chi connectivity index (χ1) is 4.95. The smallest absolute Gasteiger partial charge is 0.105 e. The minimum Gasteiger partial charge on any atom is -0.119 e. The molecule has 0 aromatic carbocycles. The SMILES string of the molecule is C#CCSC(=S)SC(C)(C)C. The number of thioether (sulfide) groups is 2. The van der Waals surface area contributed by atoms with Gasteiger partial charge in [-0.2, -0.15) is 0 Å². The predicted octanol–water partition coefficient (Wildman–Crippen LogP) is 3.17. The van der Waals surface area contributed by atoms with Crippen LogP contribution in [0.25, 0.3) is 0 Å². The van der Waals surface area contributed by atoms with Crippen molar-refractivity contribution >= 4 is 39.3 Å². The van der Waals surface area contributed by atoms with Crippen molar-refractivity contribution in [3.63, 3.8) is 0 Å². The number of thiocarbonyl (C=S) groups is 1. The van der Waals surface area contributed by atoms with Crippen LogP contribution in [-0.4, -0.2) is 14.0 Å². The van der Waals surface area contributed by atoms with Crippen molar-refractivity contribution in [3.05, 3.63) is 0 Å². The molecule has 0 unspecified atom stereocenters. The minimum absolute atomic E-state index is 0.207. The van der Waals surface area contributed by atoms with Crippen LogP contribution in [0.5, 0.6) is 0 Å². The summed E-state index contributed by atoms with van der Waals surface area (Å²) in [6.07, 6.45) is 5.10. The standard InChI is InChI=1S/C8H12S3/c1-5-6-10-7(9)11-8(2,3)4/h1H,6H2,2-4H3. The highest BCUT2D eigenvalue weighted by molar-refractivity contribution is 8.47. The van der Waals surface area contributed by atoms with Crippen molar-refractivity contribution in [3.8, 4) is 12.3 Å². The van der Waals surface area contributed by atoms with Gasteiger partial charge in [0.1, 0.15) is 3.53 Å². The summed E-state index contributed by atoms with van der Waals surface area (Å²) in [4.78, 5) is 0. The first-order valence-electron chi connectivity index (χ1n) is 3.25. The third kappa shape index (κ3) is 8.25. The fourth-order valence-electron chi connectivity index (χ4n) is 0.380. The molecule has 0 rings (SSSR count). The Morgan fingerprint density at radius 3 is 2.45 bits per heavy atom. The molecule has 0 saturated heterocycles. The molecular formula is C8H12S3. The lowest BCUT2D eigenvalue weighted by Gasteiger charge is -2.16. The lowest BCUT2D eigenvalue weighted by molar-refractivity contribution is 0.809. The van der Waals surface area contributed by atoms with Gasteiger partial charge >= 0.3 is 0 Å². The maximum Gasteiger partial charge on any atom is 0.105 e. The van der Waals surface area contributed by atoms with E-state index in [4.69, 9.17) is 18.6 Å². The third-order valence-corrected chi connectivity index (χ3v) is 3.20. The quantitative estimate of drug-likeness (QED) is 0.476. The van der Waals surface area contributed by atoms with Gasteiger partial charge < -0.3 is 0 Å². The van der Waals surface area contributed by atoms with Gasteiger partial charge in [-0.1, -0.05) is 50.7 Å². The Morgan fingerprint density at radius 1 is 1.55 bits per heavy atom. The Labute approximate surface area is 82.9 Å². The van der Waals surface area contributed by atoms with Crippen LogP contribution >= 0.6 is 35.7 Å². The van der Waals surface area contributed by atoms with E-state index in [2.05, 4.69) is 26.7 Å². The Kier molecular flexibility index (Phi) is 5.24. The molecule has 3 heteroatoms. The molecule has 0 aromatic heterocycles. The number of terminal acetylenes is 1. The molecule has 0 aliphatic rings. The second-order valence-electron chi connectivity index (χ2n) is 2.96. The van der Waals surface area contributed by atoms with Gasteiger partial charge in [0.05, 0.1) is 5.75 Å². The summed E-state index contributed by atoms with van der Waals surface area (Å²) in [5.74, 6) is 3.23. The van der Waals surface area contributed by atoms with Crippen LogP contribution in [0.4, 0.5) is 0 Å². The maximum absolute atomic E-state index is 5.10. The van der Waals surface area contributed by atoms with E-state index < -0.39 is 0 Å². The molecule has 11 heavy (non-hydrogen) atoms. The van der Waals surface area contributed by atoms with E-state index in [0.29, 0.717) is 5.75 Å². The van der Waals surface area contributed by atoms with Crippen molar-refractivity contribution in [1.29, 1.82) is 0 Å². The molecule has 0 aromatic rings. The summed E-state index contributed by atoms with van der Waals surface area (Å²) in [6, 6.07) is 0. The highest BCUT2D eigenvalue weighted by atomic mass is 32.2. The number of hydrogen-bond donors (Lipinski definition) is 0. The molecular weight excluding hydrogens is 192 g/mol. The summed E-state index contributed by atoms with van der Waals surface area (Å²) in [7, 11) is 0. The van der Waals surface area contributed by atoms with Gasteiger partial charge in [0.2, 0.25) is 0 Å². The summed E-state index contributed by atoms with van der Waals surface area (Å²) in [5.41, 5.74) is 0. The fraction of sp³-hybridized carbons (Fsp3) is 0.625. The molecule has 0 bridgehead atoms. The molecule has 0 radical (unpaired) electrons. The highest BCUT2D eigenvalue weighted by Gasteiger charge is 2.13. The topological polar surface area (TPSA) is 0 Å². The van der Waals surface area contributed by atoms with Crippen molar-refractivity contribution in [2.75, 3.05) is 5.75 Å². The molecule has 0 saturated carbocycles. The molecule has 0 N–H and O–H groups in total. The van der Waals surface area contributed by atoms with E-state index in [9.17, 15) is 0 Å². The van der Waals surface area contributed by atoms with Crippen molar-refractivity contribution in [2.45, 2.75) is 25.5 Å². The normalized spacial score (nSPS) is 10.7. The average Bonchev–Trinajstić information content (AvgIpc) is 1.79. The summed E-state index contributed by atoms with van der Waals surface area (Å²) >= 11 is 8.36. The van der Waals surface area contributed by atoms with Crippen molar-refractivity contribution in [2.24, 2.45) is 0 Å². The zero-order valence-electron chi connectivity index (χ0n) is 7.01. The van der Waals surface area contributed by atoms with Crippen LogP contribution in [0.3, 0.4) is 0 Å². The summed E-state index contributed by atoms with van der Waals surface area (Å²) in [6.45, 7) is 6.42. The van der Waals surface area contributed by atoms with Gasteiger partial charge in [-0.25, -0.2) is 0 Å². The zero-order chi connectivity index (χ0) is 8.91. The molecule has 0 nitrogen and oxygen atoms in total. The molecule has 0 atom stereocenters. The van der Waals surface area contributed by atoms with Crippen LogP contribution in [-0.2, 0) is 0 Å². The summed E-state index contributed by atoms with van der Waals surface area (Å²) in [5, 5.41) is 0. The predicted molar refractivity (Wildman–Crippen MR) is 61.2 cm³/mol. The first kappa shape index (κ1) is 11.4. The van der Waals surface area contributed by atoms with E-state index in [1.165, 1.54) is 0 Å². The monoisotopic (exact) mass is 204 g/mol. The van der Waals surface area contributed by atoms with E-state index in [1.807, 2.05) is 0 Å². The highest BCUT2D eigenvalue weighted by Crippen LogP contribution is 2.29. The van der Waals surface area contributed by atoms with Crippen LogP contribution in [0.2, 0.25) is 0 Å². The second-order valence-corrected chi connectivity index (χ2v) is 6.96. The van der Waals surface area contributed by atoms with Gasteiger partial charge in [0, 0.05) is 4.75 Å². The molecule has 0 aliphatic carbocycles. The molecule has 0 aliphatic heterocycles. The lowest BCUT2D eigenvalue weighted by atomic mass is 10.3. The van der Waals surface area contributed by atoms with Crippen LogP contribution in [0.1, 0.15) is 20.8 Å². The van der Waals surface area contributed by atoms with Gasteiger partial charge in [-0.3, -0.25) is 0 Å². The first-order valence-corrected chi connectivity index (χ1v) is 5.46. The van der Waals surface area contributed by atoms with Crippen molar-refractivity contribution < 1.29 is 0 Å². The molecule has 0 spiro atoms. The van der Waals surface area contributed by atoms with E-state index in [-0.39, 0.29) is 4.75 Å². The molecule has 62 valence electrons. The fourth-order valence-corrected chi connectivity index (χ4v) is 3.17. The van der Waals surface area contributed by atoms with Crippen LogP contribution < -0.4 is 0 Å². The number of hydrogen-bond acceptors (Lipinski definition) is 3. The molecule has 0 fully saturated rings. The van der Waals surface area contributed by atoms with E-state index in [1.54, 1.807) is 23.5 Å². The molecule has 0 amide bonds. The zero-order valence-corrected chi connectivity index (χ0v) is 9.46. The third-order valence-electron chi connectivity index (χ3n) is 0.663. The Morgan fingerprint density at radius 2 is 2.09 bits per heavy atom. The average molecular weight is 204 g/mol. The van der Waals surface area contributed by atoms with E-state index >= 15 is 0 Å². The summed E-state index contributed by atoms with van der Waals surface area (Å²) < 4.78 is 1.15. The molecule has 0 heterocycles. The van der Waals surface area contributed by atoms with Gasteiger partial charge in [-0.05, 0) is 0 Å². The van der Waals surface area contributed by atoms with Gasteiger partial charge in [0.25, 0.3) is 0 Å². The van der Waals surface area contributed by atoms with Gasteiger partial charge in [0.15, 0.2) is 0 Å². The van der Waals surface area contributed by atoms with Crippen molar-refractivity contribution in [1.82, 2.24) is 0 Å². The largest absolute Gasteiger partial charge is 0.119 e. The van der Waals surface area contributed by atoms with Gasteiger partial charge in [-0.15, -0.1) is 18.2 Å². The Balaban J connectivity index is 3.64. The number of rotatable bonds is 1. The van der Waals surface area contributed by atoms with E-state index in [0.717, 1.165) is 3.53 Å². The van der Waals surface area contributed by atoms with Crippen LogP contribution in [0, 0.1) is 12.3 Å². The Bertz CT molecular complexity index is 171. The van der Waals surface area contributed by atoms with Crippen LogP contribution in [0.15, 0.2) is 0 Å². The second kappa shape index (κ2) is 5.08. The Hall–Kier alpha value is 0.350. The minimum atomic E-state index is 0.207. The maximum atomic E-state index is 5.10.